The van der Waals surface area contributed by atoms with E-state index in [1.54, 1.807) is 17.0 Å². The predicted octanol–water partition coefficient (Wildman–Crippen LogP) is 3.09. The largest absolute Gasteiger partial charge is 0.465 e. The maximum absolute atomic E-state index is 12.7. The maximum atomic E-state index is 12.7. The number of nitrogens with zero attached hydrogens (tertiary/aromatic N) is 2. The van der Waals surface area contributed by atoms with Gasteiger partial charge in [-0.05, 0) is 58.5 Å². The van der Waals surface area contributed by atoms with Crippen molar-refractivity contribution in [1.29, 1.82) is 0 Å². The van der Waals surface area contributed by atoms with E-state index in [2.05, 4.69) is 11.9 Å². The summed E-state index contributed by atoms with van der Waals surface area (Å²) in [6, 6.07) is 7.12. The first kappa shape index (κ1) is 19.2. The molecule has 1 atom stereocenters. The zero-order chi connectivity index (χ0) is 18.6. The van der Waals surface area contributed by atoms with Crippen LogP contribution in [0.5, 0.6) is 0 Å². The van der Waals surface area contributed by atoms with Crippen molar-refractivity contribution in [2.45, 2.75) is 38.8 Å². The number of hydrogen-bond donors (Lipinski definition) is 0. The van der Waals surface area contributed by atoms with E-state index in [4.69, 9.17) is 9.47 Å². The van der Waals surface area contributed by atoms with Gasteiger partial charge >= 0.3 is 12.1 Å². The second-order valence-corrected chi connectivity index (χ2v) is 7.42. The summed E-state index contributed by atoms with van der Waals surface area (Å²) >= 11 is 0. The third-order valence-electron chi connectivity index (χ3n) is 4.14. The summed E-state index contributed by atoms with van der Waals surface area (Å²) in [5.74, 6) is -0.367. The summed E-state index contributed by atoms with van der Waals surface area (Å²) in [4.78, 5) is 28.3. The van der Waals surface area contributed by atoms with Crippen molar-refractivity contribution in [2.75, 3.05) is 33.8 Å². The number of methoxy groups -OCH3 is 1. The van der Waals surface area contributed by atoms with Crippen molar-refractivity contribution in [3.8, 4) is 0 Å². The number of carbonyl (C=O) groups excluding carboxylic acids is 2. The number of amides is 1. The van der Waals surface area contributed by atoms with E-state index in [0.717, 1.165) is 25.1 Å². The fourth-order valence-electron chi connectivity index (χ4n) is 2.94. The van der Waals surface area contributed by atoms with Crippen LogP contribution < -0.4 is 0 Å². The number of hydrogen-bond acceptors (Lipinski definition) is 5. The van der Waals surface area contributed by atoms with Crippen molar-refractivity contribution in [3.63, 3.8) is 0 Å². The molecule has 0 saturated carbocycles. The van der Waals surface area contributed by atoms with Crippen LogP contribution in [0.15, 0.2) is 24.3 Å². The van der Waals surface area contributed by atoms with Gasteiger partial charge in [-0.1, -0.05) is 12.1 Å². The van der Waals surface area contributed by atoms with Gasteiger partial charge < -0.3 is 14.4 Å². The molecule has 1 aromatic rings. The first-order valence-electron chi connectivity index (χ1n) is 8.57. The van der Waals surface area contributed by atoms with Gasteiger partial charge in [-0.2, -0.15) is 0 Å². The van der Waals surface area contributed by atoms with Gasteiger partial charge in [-0.3, -0.25) is 4.90 Å². The summed E-state index contributed by atoms with van der Waals surface area (Å²) in [6.07, 6.45) is 0.594. The summed E-state index contributed by atoms with van der Waals surface area (Å²) in [5.41, 5.74) is 0.943. The van der Waals surface area contributed by atoms with E-state index in [-0.39, 0.29) is 18.1 Å². The fourth-order valence-corrected chi connectivity index (χ4v) is 2.94. The summed E-state index contributed by atoms with van der Waals surface area (Å²) in [6.45, 7) is 7.90. The quantitative estimate of drug-likeness (QED) is 0.769. The van der Waals surface area contributed by atoms with Gasteiger partial charge in [0.1, 0.15) is 5.60 Å². The number of likely N-dealkylation sites (N-methyl/N-ethyl adjacent to an activating group) is 1. The average molecular weight is 348 g/mol. The van der Waals surface area contributed by atoms with Crippen LogP contribution in [-0.2, 0) is 9.47 Å². The molecule has 1 unspecified atom stereocenters. The van der Waals surface area contributed by atoms with Gasteiger partial charge in [0.15, 0.2) is 0 Å². The van der Waals surface area contributed by atoms with Crippen LogP contribution >= 0.6 is 0 Å². The van der Waals surface area contributed by atoms with Crippen LogP contribution in [-0.4, -0.2) is 61.3 Å². The smallest absolute Gasteiger partial charge is 0.410 e. The lowest BCUT2D eigenvalue weighted by Crippen LogP contribution is -2.41. The fraction of sp³-hybridized carbons (Fsp3) is 0.579. The highest BCUT2D eigenvalue weighted by molar-refractivity contribution is 5.89. The van der Waals surface area contributed by atoms with E-state index < -0.39 is 5.60 Å². The Hall–Kier alpha value is -2.08. The SMILES string of the molecule is COC(=O)c1ccc(C2CN(C)CCCN2C(=O)OC(C)(C)C)cc1. The number of ether oxygens (including phenoxy) is 2. The van der Waals surface area contributed by atoms with Gasteiger partial charge in [-0.25, -0.2) is 9.59 Å². The minimum Gasteiger partial charge on any atom is -0.465 e. The van der Waals surface area contributed by atoms with Gasteiger partial charge in [0.2, 0.25) is 0 Å². The third kappa shape index (κ3) is 5.19. The molecule has 0 spiro atoms. The molecule has 6 nitrogen and oxygen atoms in total. The Bertz CT molecular complexity index is 607. The molecule has 0 aliphatic carbocycles. The molecule has 1 saturated heterocycles. The zero-order valence-electron chi connectivity index (χ0n) is 15.7. The van der Waals surface area contributed by atoms with Crippen LogP contribution in [0.3, 0.4) is 0 Å². The van der Waals surface area contributed by atoms with Crippen molar-refractivity contribution >= 4 is 12.1 Å². The molecule has 1 amide bonds. The third-order valence-corrected chi connectivity index (χ3v) is 4.14. The molecule has 1 aromatic carbocycles. The molecule has 2 rings (SSSR count). The lowest BCUT2D eigenvalue weighted by molar-refractivity contribution is 0.0162. The molecule has 25 heavy (non-hydrogen) atoms. The van der Waals surface area contributed by atoms with E-state index >= 15 is 0 Å². The monoisotopic (exact) mass is 348 g/mol. The normalized spacial score (nSPS) is 19.2. The van der Waals surface area contributed by atoms with E-state index in [1.165, 1.54) is 7.11 Å². The summed E-state index contributed by atoms with van der Waals surface area (Å²) in [7, 11) is 3.41. The molecular weight excluding hydrogens is 320 g/mol. The molecule has 138 valence electrons. The van der Waals surface area contributed by atoms with Crippen molar-refractivity contribution in [1.82, 2.24) is 9.80 Å². The number of esters is 1. The van der Waals surface area contributed by atoms with E-state index in [0.29, 0.717) is 12.1 Å². The Labute approximate surface area is 149 Å². The highest BCUT2D eigenvalue weighted by Crippen LogP contribution is 2.27. The molecular formula is C19H28N2O4. The molecule has 1 aliphatic heterocycles. The minimum atomic E-state index is -0.533. The topological polar surface area (TPSA) is 59.1 Å². The second kappa shape index (κ2) is 7.87. The minimum absolute atomic E-state index is 0.117. The van der Waals surface area contributed by atoms with Gasteiger partial charge in [-0.15, -0.1) is 0 Å². The van der Waals surface area contributed by atoms with Crippen LogP contribution in [0.4, 0.5) is 4.79 Å². The lowest BCUT2D eigenvalue weighted by Gasteiger charge is -2.33. The summed E-state index contributed by atoms with van der Waals surface area (Å²) < 4.78 is 10.3. The average Bonchev–Trinajstić information content (AvgIpc) is 2.74. The van der Waals surface area contributed by atoms with Crippen LogP contribution in [0.1, 0.15) is 49.2 Å². The number of benzene rings is 1. The maximum Gasteiger partial charge on any atom is 0.410 e. The molecule has 1 fully saturated rings. The zero-order valence-corrected chi connectivity index (χ0v) is 15.7. The van der Waals surface area contributed by atoms with E-state index in [1.807, 2.05) is 32.9 Å². The predicted molar refractivity (Wildman–Crippen MR) is 95.6 cm³/mol. The first-order chi connectivity index (χ1) is 11.7. The van der Waals surface area contributed by atoms with Crippen molar-refractivity contribution in [2.24, 2.45) is 0 Å². The molecule has 0 bridgehead atoms. The second-order valence-electron chi connectivity index (χ2n) is 7.42. The van der Waals surface area contributed by atoms with Crippen molar-refractivity contribution in [3.05, 3.63) is 35.4 Å². The van der Waals surface area contributed by atoms with Crippen LogP contribution in [0.25, 0.3) is 0 Å². The number of carbonyl (C=O) groups is 2. The molecule has 0 aromatic heterocycles. The van der Waals surface area contributed by atoms with Gasteiger partial charge in [0, 0.05) is 13.1 Å². The Kier molecular flexibility index (Phi) is 6.06. The first-order valence-corrected chi connectivity index (χ1v) is 8.57. The van der Waals surface area contributed by atoms with E-state index in [9.17, 15) is 9.59 Å². The molecule has 6 heteroatoms. The molecule has 0 radical (unpaired) electrons. The highest BCUT2D eigenvalue weighted by Gasteiger charge is 2.31. The van der Waals surface area contributed by atoms with Crippen LogP contribution in [0, 0.1) is 0 Å². The van der Waals surface area contributed by atoms with Crippen molar-refractivity contribution < 1.29 is 19.1 Å². The molecule has 0 N–H and O–H groups in total. The van der Waals surface area contributed by atoms with Gasteiger partial charge in [0.05, 0.1) is 18.7 Å². The summed E-state index contributed by atoms with van der Waals surface area (Å²) in [5, 5.41) is 0. The standard InChI is InChI=1S/C19H28N2O4/c1-19(2,3)25-18(23)21-12-6-11-20(4)13-16(21)14-7-9-15(10-8-14)17(22)24-5/h7-10,16H,6,11-13H2,1-5H3. The molecule has 1 heterocycles. The van der Waals surface area contributed by atoms with Gasteiger partial charge in [0.25, 0.3) is 0 Å². The molecule has 1 aliphatic rings. The Morgan fingerprint density at radius 3 is 2.32 bits per heavy atom. The lowest BCUT2D eigenvalue weighted by atomic mass is 10.0. The Morgan fingerprint density at radius 2 is 1.76 bits per heavy atom. The highest BCUT2D eigenvalue weighted by atomic mass is 16.6. The number of rotatable bonds is 2. The van der Waals surface area contributed by atoms with Crippen LogP contribution in [0.2, 0.25) is 0 Å². The Balaban J connectivity index is 2.27. The Morgan fingerprint density at radius 1 is 1.12 bits per heavy atom.